The second kappa shape index (κ2) is 8.88. The minimum Gasteiger partial charge on any atom is -0.382 e. The molecule has 3 heterocycles. The summed E-state index contributed by atoms with van der Waals surface area (Å²) < 4.78 is 18.4. The third kappa shape index (κ3) is 4.67. The van der Waals surface area contributed by atoms with Gasteiger partial charge in [-0.1, -0.05) is 12.1 Å². The molecule has 4 rings (SSSR count). The van der Waals surface area contributed by atoms with Gasteiger partial charge in [-0.05, 0) is 36.8 Å². The zero-order valence-corrected chi connectivity index (χ0v) is 17.0. The molecule has 0 aliphatic heterocycles. The maximum Gasteiger partial charge on any atom is 0.320 e. The highest BCUT2D eigenvalue weighted by Crippen LogP contribution is 2.27. The Balaban J connectivity index is 1.50. The minimum absolute atomic E-state index is 0.237. The van der Waals surface area contributed by atoms with Crippen molar-refractivity contribution in [1.29, 1.82) is 0 Å². The van der Waals surface area contributed by atoms with Gasteiger partial charge in [-0.2, -0.15) is 5.10 Å². The van der Waals surface area contributed by atoms with Crippen molar-refractivity contribution in [3.8, 4) is 11.3 Å². The van der Waals surface area contributed by atoms with E-state index in [1.807, 2.05) is 19.1 Å². The highest BCUT2D eigenvalue weighted by molar-refractivity contribution is 5.95. The first kappa shape index (κ1) is 20.4. The summed E-state index contributed by atoms with van der Waals surface area (Å²) >= 11 is 0. The van der Waals surface area contributed by atoms with Gasteiger partial charge in [0.25, 0.3) is 0 Å². The molecule has 1 aromatic carbocycles. The molecule has 0 fully saturated rings. The van der Waals surface area contributed by atoms with E-state index in [9.17, 15) is 9.18 Å². The fraction of sp³-hybridized carbons (Fsp3) is 0.182. The Morgan fingerprint density at radius 3 is 2.74 bits per heavy atom. The van der Waals surface area contributed by atoms with E-state index >= 15 is 0 Å². The van der Waals surface area contributed by atoms with Crippen LogP contribution in [0, 0.1) is 12.7 Å². The quantitative estimate of drug-likeness (QED) is 0.438. The predicted molar refractivity (Wildman–Crippen MR) is 115 cm³/mol. The fourth-order valence-electron chi connectivity index (χ4n) is 3.29. The van der Waals surface area contributed by atoms with Crippen molar-refractivity contribution in [2.24, 2.45) is 0 Å². The summed E-state index contributed by atoms with van der Waals surface area (Å²) in [5, 5.41) is 13.7. The smallest absolute Gasteiger partial charge is 0.320 e. The molecule has 0 saturated carbocycles. The maximum absolute atomic E-state index is 13.2. The number of aromatic amines is 1. The number of benzene rings is 1. The average molecular weight is 420 g/mol. The van der Waals surface area contributed by atoms with Crippen molar-refractivity contribution in [3.05, 3.63) is 71.9 Å². The summed E-state index contributed by atoms with van der Waals surface area (Å²) in [6, 6.07) is 10.5. The number of urea groups is 1. The Labute approximate surface area is 177 Å². The predicted octanol–water partition coefficient (Wildman–Crippen LogP) is 3.98. The first-order chi connectivity index (χ1) is 15.0. The average Bonchev–Trinajstić information content (AvgIpc) is 3.17. The van der Waals surface area contributed by atoms with E-state index < -0.39 is 12.1 Å². The molecule has 0 aliphatic rings. The molecule has 0 unspecified atom stereocenters. The second-order valence-electron chi connectivity index (χ2n) is 7.03. The van der Waals surface area contributed by atoms with Crippen LogP contribution in [0.3, 0.4) is 0 Å². The molecule has 0 aliphatic carbocycles. The van der Waals surface area contributed by atoms with Crippen LogP contribution in [0.1, 0.15) is 17.3 Å². The van der Waals surface area contributed by atoms with Crippen LogP contribution in [0.5, 0.6) is 0 Å². The van der Waals surface area contributed by atoms with Gasteiger partial charge in [0.05, 0.1) is 18.2 Å². The molecular formula is C22H21FN6O2. The molecular weight excluding hydrogens is 399 g/mol. The summed E-state index contributed by atoms with van der Waals surface area (Å²) in [7, 11) is 1.53. The van der Waals surface area contributed by atoms with Crippen LogP contribution in [-0.4, -0.2) is 39.9 Å². The number of pyridine rings is 2. The number of nitrogens with zero attached hydrogens (tertiary/aromatic N) is 3. The molecule has 31 heavy (non-hydrogen) atoms. The standard InChI is InChI=1S/C22H21FN6O2/c1-13-9-15(7-8-24-13)21-17-11-25-20(10-18(17)28-29-21)27-22(30)26-19(12-31-2)14-3-5-16(23)6-4-14/h3-11,19H,12H2,1-2H3,(H,28,29)(H2,25,26,27,30)/t19-/m1/s1. The summed E-state index contributed by atoms with van der Waals surface area (Å²) in [6.07, 6.45) is 3.39. The molecule has 0 spiro atoms. The monoisotopic (exact) mass is 420 g/mol. The summed E-state index contributed by atoms with van der Waals surface area (Å²) in [4.78, 5) is 21.1. The Morgan fingerprint density at radius 1 is 1.19 bits per heavy atom. The van der Waals surface area contributed by atoms with E-state index in [1.165, 1.54) is 19.2 Å². The lowest BCUT2D eigenvalue weighted by Crippen LogP contribution is -2.35. The maximum atomic E-state index is 13.2. The number of fused-ring (bicyclic) bond motifs is 1. The molecule has 8 nitrogen and oxygen atoms in total. The lowest BCUT2D eigenvalue weighted by Gasteiger charge is -2.18. The van der Waals surface area contributed by atoms with Crippen molar-refractivity contribution in [2.75, 3.05) is 19.0 Å². The molecule has 4 aromatic rings. The zero-order valence-electron chi connectivity index (χ0n) is 17.0. The third-order valence-electron chi connectivity index (χ3n) is 4.77. The van der Waals surface area contributed by atoms with Gasteiger partial charge in [0, 0.05) is 42.2 Å². The van der Waals surface area contributed by atoms with Crippen molar-refractivity contribution >= 4 is 22.8 Å². The van der Waals surface area contributed by atoms with Gasteiger partial charge in [0.1, 0.15) is 17.3 Å². The zero-order chi connectivity index (χ0) is 21.8. The molecule has 0 bridgehead atoms. The van der Waals surface area contributed by atoms with Gasteiger partial charge < -0.3 is 10.1 Å². The normalized spacial score (nSPS) is 12.0. The highest BCUT2D eigenvalue weighted by Gasteiger charge is 2.16. The Kier molecular flexibility index (Phi) is 5.85. The number of aryl methyl sites for hydroxylation is 1. The Hall–Kier alpha value is -3.85. The SMILES string of the molecule is COC[C@@H](NC(=O)Nc1cc2[nH]nc(-c3ccnc(C)c3)c2cn1)c1ccc(F)cc1. The lowest BCUT2D eigenvalue weighted by atomic mass is 10.1. The van der Waals surface area contributed by atoms with E-state index in [0.717, 1.165) is 33.4 Å². The van der Waals surface area contributed by atoms with Crippen LogP contribution in [0.15, 0.2) is 54.9 Å². The number of carbonyl (C=O) groups is 1. The number of nitrogens with one attached hydrogen (secondary N) is 3. The number of hydrogen-bond donors (Lipinski definition) is 3. The number of amides is 2. The molecule has 158 valence electrons. The molecule has 3 aromatic heterocycles. The van der Waals surface area contributed by atoms with Gasteiger partial charge in [-0.3, -0.25) is 15.4 Å². The largest absolute Gasteiger partial charge is 0.382 e. The number of halogens is 1. The van der Waals surface area contributed by atoms with Gasteiger partial charge in [0.15, 0.2) is 0 Å². The first-order valence-electron chi connectivity index (χ1n) is 9.62. The number of aromatic nitrogens is 4. The Morgan fingerprint density at radius 2 is 2.00 bits per heavy atom. The molecule has 0 radical (unpaired) electrons. The summed E-state index contributed by atoms with van der Waals surface area (Å²) in [6.45, 7) is 2.15. The number of rotatable bonds is 6. The van der Waals surface area contributed by atoms with Crippen LogP contribution in [0.2, 0.25) is 0 Å². The topological polar surface area (TPSA) is 105 Å². The highest BCUT2D eigenvalue weighted by atomic mass is 19.1. The van der Waals surface area contributed by atoms with Crippen LogP contribution < -0.4 is 10.6 Å². The fourth-order valence-corrected chi connectivity index (χ4v) is 3.29. The van der Waals surface area contributed by atoms with E-state index in [0.29, 0.717) is 5.82 Å². The number of hydrogen-bond acceptors (Lipinski definition) is 5. The number of methoxy groups -OCH3 is 1. The Bertz CT molecular complexity index is 1210. The number of carbonyl (C=O) groups excluding carboxylic acids is 1. The molecule has 1 atom stereocenters. The van der Waals surface area contributed by atoms with Crippen molar-refractivity contribution in [1.82, 2.24) is 25.5 Å². The number of ether oxygens (including phenoxy) is 1. The second-order valence-corrected chi connectivity index (χ2v) is 7.03. The van der Waals surface area contributed by atoms with E-state index in [1.54, 1.807) is 30.6 Å². The molecule has 9 heteroatoms. The van der Waals surface area contributed by atoms with Gasteiger partial charge in [0.2, 0.25) is 0 Å². The van der Waals surface area contributed by atoms with Gasteiger partial charge in [-0.25, -0.2) is 14.2 Å². The summed E-state index contributed by atoms with van der Waals surface area (Å²) in [5.41, 5.74) is 4.05. The van der Waals surface area contributed by atoms with Crippen molar-refractivity contribution in [2.45, 2.75) is 13.0 Å². The van der Waals surface area contributed by atoms with Crippen LogP contribution in [0.25, 0.3) is 22.2 Å². The first-order valence-corrected chi connectivity index (χ1v) is 9.62. The lowest BCUT2D eigenvalue weighted by molar-refractivity contribution is 0.168. The van der Waals surface area contributed by atoms with Gasteiger partial charge >= 0.3 is 6.03 Å². The molecule has 2 amide bonds. The third-order valence-corrected chi connectivity index (χ3v) is 4.77. The number of anilines is 1. The van der Waals surface area contributed by atoms with Gasteiger partial charge in [-0.15, -0.1) is 0 Å². The van der Waals surface area contributed by atoms with Crippen molar-refractivity contribution < 1.29 is 13.9 Å². The molecule has 3 N–H and O–H groups in total. The van der Waals surface area contributed by atoms with Crippen LogP contribution in [0.4, 0.5) is 15.0 Å². The number of H-pyrrole nitrogens is 1. The van der Waals surface area contributed by atoms with E-state index in [-0.39, 0.29) is 12.4 Å². The minimum atomic E-state index is -0.456. The van der Waals surface area contributed by atoms with E-state index in [4.69, 9.17) is 4.74 Å². The molecule has 0 saturated heterocycles. The van der Waals surface area contributed by atoms with Crippen LogP contribution >= 0.6 is 0 Å². The van der Waals surface area contributed by atoms with Crippen LogP contribution in [-0.2, 0) is 4.74 Å². The van der Waals surface area contributed by atoms with Crippen molar-refractivity contribution in [3.63, 3.8) is 0 Å². The van der Waals surface area contributed by atoms with E-state index in [2.05, 4.69) is 30.8 Å². The summed E-state index contributed by atoms with van der Waals surface area (Å²) in [5.74, 6) is 0.0177.